The van der Waals surface area contributed by atoms with Gasteiger partial charge in [-0.05, 0) is 58.0 Å². The summed E-state index contributed by atoms with van der Waals surface area (Å²) in [7, 11) is 1.62. The van der Waals surface area contributed by atoms with E-state index in [2.05, 4.69) is 20.9 Å². The molecule has 2 atom stereocenters. The lowest BCUT2D eigenvalue weighted by Crippen LogP contribution is -2.27. The summed E-state index contributed by atoms with van der Waals surface area (Å²) in [5.41, 5.74) is 3.21. The molecule has 2 heterocycles. The van der Waals surface area contributed by atoms with E-state index in [1.807, 2.05) is 24.3 Å². The predicted molar refractivity (Wildman–Crippen MR) is 108 cm³/mol. The van der Waals surface area contributed by atoms with E-state index >= 15 is 0 Å². The Morgan fingerprint density at radius 1 is 1.00 bits per heavy atom. The van der Waals surface area contributed by atoms with Crippen molar-refractivity contribution in [3.05, 3.63) is 76.7 Å². The molecule has 152 valence electrons. The molecule has 0 amide bonds. The molecule has 7 nitrogen and oxygen atoms in total. The summed E-state index contributed by atoms with van der Waals surface area (Å²) >= 11 is 0. The fourth-order valence-corrected chi connectivity index (χ4v) is 4.12. The van der Waals surface area contributed by atoms with Crippen molar-refractivity contribution >= 4 is 17.4 Å². The quantitative estimate of drug-likeness (QED) is 0.674. The van der Waals surface area contributed by atoms with Gasteiger partial charge in [-0.25, -0.2) is 9.02 Å². The van der Waals surface area contributed by atoms with Gasteiger partial charge in [0.15, 0.2) is 5.78 Å². The molecule has 8 heteroatoms. The maximum absolute atomic E-state index is 13.5. The van der Waals surface area contributed by atoms with Gasteiger partial charge in [-0.15, -0.1) is 0 Å². The number of nitrogens with zero attached hydrogens (tertiary/aromatic N) is 2. The molecule has 1 aromatic heterocycles. The Kier molecular flexibility index (Phi) is 4.46. The first kappa shape index (κ1) is 18.4. The van der Waals surface area contributed by atoms with Crippen molar-refractivity contribution in [2.45, 2.75) is 24.8 Å². The Hall–Kier alpha value is -3.68. The van der Waals surface area contributed by atoms with Crippen LogP contribution in [0.4, 0.5) is 16.0 Å². The molecule has 1 aliphatic carbocycles. The van der Waals surface area contributed by atoms with Gasteiger partial charge in [0.2, 0.25) is 11.6 Å². The number of anilines is 2. The minimum Gasteiger partial charge on any atom is -0.497 e. The maximum Gasteiger partial charge on any atom is 0.219 e. The van der Waals surface area contributed by atoms with Gasteiger partial charge in [0, 0.05) is 17.7 Å². The lowest BCUT2D eigenvalue weighted by molar-refractivity contribution is -0.116. The zero-order valence-corrected chi connectivity index (χ0v) is 16.2. The van der Waals surface area contributed by atoms with Crippen LogP contribution in [0.15, 0.2) is 64.4 Å². The van der Waals surface area contributed by atoms with Crippen LogP contribution in [-0.4, -0.2) is 23.2 Å². The highest BCUT2D eigenvalue weighted by Crippen LogP contribution is 2.43. The zero-order chi connectivity index (χ0) is 20.7. The Morgan fingerprint density at radius 2 is 1.70 bits per heavy atom. The van der Waals surface area contributed by atoms with Crippen LogP contribution in [0.2, 0.25) is 0 Å². The Balaban J connectivity index is 1.55. The molecule has 0 bridgehead atoms. The fourth-order valence-electron chi connectivity index (χ4n) is 4.12. The topological polar surface area (TPSA) is 89.3 Å². The van der Waals surface area contributed by atoms with E-state index in [9.17, 15) is 9.18 Å². The first-order valence-electron chi connectivity index (χ1n) is 9.64. The van der Waals surface area contributed by atoms with Crippen molar-refractivity contribution in [1.29, 1.82) is 0 Å². The maximum atomic E-state index is 13.5. The SMILES string of the molecule is COc1ccc([C@H]2CC(=O)C3=C(C2)Nc2nonc2N[C@@H]3c2ccc(F)cc2)cc1. The molecule has 0 spiro atoms. The summed E-state index contributed by atoms with van der Waals surface area (Å²) in [6.07, 6.45) is 1.00. The second-order valence-corrected chi connectivity index (χ2v) is 7.41. The smallest absolute Gasteiger partial charge is 0.219 e. The highest BCUT2D eigenvalue weighted by molar-refractivity contribution is 6.00. The fraction of sp³-hybridized carbons (Fsp3) is 0.227. The lowest BCUT2D eigenvalue weighted by atomic mass is 9.78. The lowest BCUT2D eigenvalue weighted by Gasteiger charge is -2.29. The number of nitrogens with one attached hydrogen (secondary N) is 2. The van der Waals surface area contributed by atoms with Gasteiger partial charge >= 0.3 is 0 Å². The van der Waals surface area contributed by atoms with Crippen LogP contribution < -0.4 is 15.4 Å². The Morgan fingerprint density at radius 3 is 2.43 bits per heavy atom. The number of carbonyl (C=O) groups is 1. The first-order chi connectivity index (χ1) is 14.6. The zero-order valence-electron chi connectivity index (χ0n) is 16.2. The molecule has 5 rings (SSSR count). The summed E-state index contributed by atoms with van der Waals surface area (Å²) < 4.78 is 23.6. The van der Waals surface area contributed by atoms with Gasteiger partial charge in [-0.1, -0.05) is 24.3 Å². The van der Waals surface area contributed by atoms with Gasteiger partial charge in [-0.2, -0.15) is 0 Å². The molecular weight excluding hydrogens is 387 g/mol. The van der Waals surface area contributed by atoms with Gasteiger partial charge in [-0.3, -0.25) is 4.79 Å². The van der Waals surface area contributed by atoms with E-state index in [0.29, 0.717) is 30.1 Å². The van der Waals surface area contributed by atoms with Crippen molar-refractivity contribution < 1.29 is 18.6 Å². The Labute approximate surface area is 171 Å². The van der Waals surface area contributed by atoms with Crippen LogP contribution in [0.5, 0.6) is 5.75 Å². The molecule has 1 aliphatic heterocycles. The molecule has 2 aromatic carbocycles. The van der Waals surface area contributed by atoms with Crippen LogP contribution in [-0.2, 0) is 4.79 Å². The number of halogens is 1. The summed E-state index contributed by atoms with van der Waals surface area (Å²) in [6, 6.07) is 13.4. The number of hydrogen-bond acceptors (Lipinski definition) is 7. The minimum atomic E-state index is -0.481. The molecular formula is C22H19FN4O3. The molecule has 3 aromatic rings. The van der Waals surface area contributed by atoms with Crippen molar-refractivity contribution in [3.8, 4) is 5.75 Å². The third-order valence-electron chi connectivity index (χ3n) is 5.63. The highest BCUT2D eigenvalue weighted by atomic mass is 19.1. The van der Waals surface area contributed by atoms with E-state index in [0.717, 1.165) is 22.6 Å². The number of carbonyl (C=O) groups excluding carboxylic acids is 1. The molecule has 2 aliphatic rings. The molecule has 2 N–H and O–H groups in total. The van der Waals surface area contributed by atoms with Gasteiger partial charge in [0.05, 0.1) is 13.2 Å². The second kappa shape index (κ2) is 7.29. The van der Waals surface area contributed by atoms with E-state index in [4.69, 9.17) is 9.37 Å². The van der Waals surface area contributed by atoms with Crippen LogP contribution in [0, 0.1) is 5.82 Å². The van der Waals surface area contributed by atoms with Gasteiger partial charge < -0.3 is 15.4 Å². The Bertz CT molecular complexity index is 1120. The highest BCUT2D eigenvalue weighted by Gasteiger charge is 2.37. The number of rotatable bonds is 3. The summed E-state index contributed by atoms with van der Waals surface area (Å²) in [5.74, 6) is 1.31. The molecule has 0 saturated carbocycles. The number of ketones is 1. The standard InChI is InChI=1S/C22H19FN4O3/c1-29-16-8-4-12(5-9-16)14-10-17-19(18(28)11-14)20(13-2-6-15(23)7-3-13)25-22-21(24-17)26-30-27-22/h2-9,14,20H,10-11H2,1H3,(H,24,26)(H,25,27)/t14-,20-/m1/s1. The summed E-state index contributed by atoms with van der Waals surface area (Å²) in [4.78, 5) is 13.3. The number of benzene rings is 2. The van der Waals surface area contributed by atoms with Gasteiger partial charge in [0.1, 0.15) is 11.6 Å². The van der Waals surface area contributed by atoms with Crippen LogP contribution >= 0.6 is 0 Å². The van der Waals surface area contributed by atoms with Crippen LogP contribution in [0.3, 0.4) is 0 Å². The molecule has 0 unspecified atom stereocenters. The summed E-state index contributed by atoms with van der Waals surface area (Å²) in [6.45, 7) is 0. The number of fused-ring (bicyclic) bond motifs is 1. The molecule has 0 radical (unpaired) electrons. The molecule has 0 saturated heterocycles. The third kappa shape index (κ3) is 3.20. The average molecular weight is 406 g/mol. The van der Waals surface area contributed by atoms with E-state index in [-0.39, 0.29) is 17.5 Å². The molecule has 0 fully saturated rings. The normalized spacial score (nSPS) is 20.5. The largest absolute Gasteiger partial charge is 0.497 e. The number of aromatic nitrogens is 2. The third-order valence-corrected chi connectivity index (χ3v) is 5.63. The van der Waals surface area contributed by atoms with Crippen molar-refractivity contribution in [1.82, 2.24) is 10.3 Å². The number of methoxy groups -OCH3 is 1. The summed E-state index contributed by atoms with van der Waals surface area (Å²) in [5, 5.41) is 14.3. The number of ether oxygens (including phenoxy) is 1. The average Bonchev–Trinajstić information content (AvgIpc) is 3.13. The molecule has 30 heavy (non-hydrogen) atoms. The van der Waals surface area contributed by atoms with E-state index < -0.39 is 6.04 Å². The number of allylic oxidation sites excluding steroid dienone is 1. The van der Waals surface area contributed by atoms with Crippen molar-refractivity contribution in [2.75, 3.05) is 17.7 Å². The van der Waals surface area contributed by atoms with Crippen LogP contribution in [0.1, 0.15) is 35.9 Å². The predicted octanol–water partition coefficient (Wildman–Crippen LogP) is 4.20. The second-order valence-electron chi connectivity index (χ2n) is 7.41. The monoisotopic (exact) mass is 406 g/mol. The number of Topliss-reactive ketones (excluding diaryl/α,β-unsaturated/α-hetero) is 1. The van der Waals surface area contributed by atoms with Gasteiger partial charge in [0.25, 0.3) is 0 Å². The van der Waals surface area contributed by atoms with Crippen molar-refractivity contribution in [3.63, 3.8) is 0 Å². The minimum absolute atomic E-state index is 0.0185. The first-order valence-corrected chi connectivity index (χ1v) is 9.64. The van der Waals surface area contributed by atoms with Crippen LogP contribution in [0.25, 0.3) is 0 Å². The number of hydrogen-bond donors (Lipinski definition) is 2. The van der Waals surface area contributed by atoms with Crippen molar-refractivity contribution in [2.24, 2.45) is 0 Å². The van der Waals surface area contributed by atoms with E-state index in [1.165, 1.54) is 12.1 Å². The van der Waals surface area contributed by atoms with E-state index in [1.54, 1.807) is 19.2 Å².